The van der Waals surface area contributed by atoms with Crippen molar-refractivity contribution in [2.45, 2.75) is 49.0 Å². The number of hydrogen-bond donors (Lipinski definition) is 0. The van der Waals surface area contributed by atoms with Gasteiger partial charge in [-0.1, -0.05) is 24.3 Å². The Hall–Kier alpha value is -2.34. The lowest BCUT2D eigenvalue weighted by atomic mass is 9.80. The van der Waals surface area contributed by atoms with E-state index in [2.05, 4.69) is 0 Å². The summed E-state index contributed by atoms with van der Waals surface area (Å²) in [7, 11) is -2.23. The molecule has 0 unspecified atom stereocenters. The summed E-state index contributed by atoms with van der Waals surface area (Å²) in [5.41, 5.74) is 1.86. The summed E-state index contributed by atoms with van der Waals surface area (Å²) in [5.74, 6) is -0.201. The van der Waals surface area contributed by atoms with E-state index in [1.807, 2.05) is 45.0 Å². The molecule has 2 aliphatic heterocycles. The van der Waals surface area contributed by atoms with Crippen LogP contribution in [0.15, 0.2) is 47.4 Å². The van der Waals surface area contributed by atoms with E-state index in [9.17, 15) is 13.2 Å². The molecule has 0 saturated carbocycles. The van der Waals surface area contributed by atoms with E-state index < -0.39 is 32.6 Å². The molecule has 2 bridgehead atoms. The van der Waals surface area contributed by atoms with Gasteiger partial charge < -0.3 is 9.64 Å². The van der Waals surface area contributed by atoms with Crippen LogP contribution in [0.3, 0.4) is 0 Å². The average molecular weight is 385 g/mol. The Morgan fingerprint density at radius 3 is 2.52 bits per heavy atom. The molecule has 5 nitrogen and oxygen atoms in total. The van der Waals surface area contributed by atoms with Crippen LogP contribution in [0.5, 0.6) is 5.75 Å². The third-order valence-corrected chi connectivity index (χ3v) is 8.15. The van der Waals surface area contributed by atoms with Crippen molar-refractivity contribution in [1.29, 1.82) is 0 Å². The summed E-state index contributed by atoms with van der Waals surface area (Å²) in [5, 5.41) is -1.15. The average Bonchev–Trinajstić information content (AvgIpc) is 2.62. The molecule has 2 aromatic carbocycles. The zero-order chi connectivity index (χ0) is 19.6. The Bertz CT molecular complexity index is 1050. The quantitative estimate of drug-likeness (QED) is 0.796. The minimum atomic E-state index is -3.85. The molecule has 2 aromatic rings. The summed E-state index contributed by atoms with van der Waals surface area (Å²) in [6, 6.07) is 12.5. The van der Waals surface area contributed by atoms with Crippen molar-refractivity contribution >= 4 is 15.7 Å². The van der Waals surface area contributed by atoms with Crippen molar-refractivity contribution in [2.75, 3.05) is 7.05 Å². The predicted molar refractivity (Wildman–Crippen MR) is 102 cm³/mol. The van der Waals surface area contributed by atoms with E-state index in [4.69, 9.17) is 4.74 Å². The minimum absolute atomic E-state index is 0.199. The van der Waals surface area contributed by atoms with Crippen LogP contribution in [0.1, 0.15) is 36.0 Å². The lowest BCUT2D eigenvalue weighted by molar-refractivity contribution is -0.159. The smallest absolute Gasteiger partial charge is 0.244 e. The third kappa shape index (κ3) is 2.57. The Balaban J connectivity index is 1.89. The number of ether oxygens (including phenoxy) is 1. The zero-order valence-corrected chi connectivity index (χ0v) is 16.7. The first-order chi connectivity index (χ1) is 12.6. The molecule has 0 spiro atoms. The molecule has 6 heteroatoms. The molecule has 1 fully saturated rings. The first-order valence-corrected chi connectivity index (χ1v) is 10.6. The van der Waals surface area contributed by atoms with Crippen LogP contribution in [-0.4, -0.2) is 37.2 Å². The molecular formula is C21H23NO4S. The first kappa shape index (κ1) is 18.0. The SMILES string of the molecule is Cc1ccc(S(=O)(=O)[C@H]2C(=O)N(C)[C@]3(C)C[C@H]2c2ccccc2O3)cc1C. The lowest BCUT2D eigenvalue weighted by Crippen LogP contribution is -2.64. The van der Waals surface area contributed by atoms with E-state index in [-0.39, 0.29) is 4.90 Å². The Kier molecular flexibility index (Phi) is 3.89. The normalized spacial score (nSPS) is 27.1. The molecule has 4 rings (SSSR count). The second-order valence-corrected chi connectivity index (χ2v) is 9.80. The number of fused-ring (bicyclic) bond motifs is 4. The van der Waals surface area contributed by atoms with Gasteiger partial charge >= 0.3 is 0 Å². The number of para-hydroxylation sites is 1. The molecule has 2 aliphatic rings. The molecule has 3 atom stereocenters. The van der Waals surface area contributed by atoms with Crippen LogP contribution in [0, 0.1) is 13.8 Å². The fraction of sp³-hybridized carbons (Fsp3) is 0.381. The number of amides is 1. The molecule has 142 valence electrons. The molecule has 0 N–H and O–H groups in total. The van der Waals surface area contributed by atoms with Crippen molar-refractivity contribution in [1.82, 2.24) is 4.90 Å². The topological polar surface area (TPSA) is 63.7 Å². The first-order valence-electron chi connectivity index (χ1n) is 9.02. The highest BCUT2D eigenvalue weighted by molar-refractivity contribution is 7.92. The molecule has 0 aliphatic carbocycles. The number of carbonyl (C=O) groups is 1. The number of carbonyl (C=O) groups excluding carboxylic acids is 1. The Morgan fingerprint density at radius 1 is 1.11 bits per heavy atom. The van der Waals surface area contributed by atoms with E-state index >= 15 is 0 Å². The van der Waals surface area contributed by atoms with E-state index in [0.29, 0.717) is 12.2 Å². The largest absolute Gasteiger partial charge is 0.468 e. The molecule has 2 heterocycles. The minimum Gasteiger partial charge on any atom is -0.468 e. The summed E-state index contributed by atoms with van der Waals surface area (Å²) in [6.45, 7) is 5.65. The van der Waals surface area contributed by atoms with Gasteiger partial charge in [0.15, 0.2) is 20.8 Å². The standard InChI is InChI=1S/C21H23NO4S/c1-13-9-10-15(11-14(13)2)27(24,25)19-17-12-21(3,22(4)20(19)23)26-18-8-6-5-7-16(17)18/h5-11,17,19H,12H2,1-4H3/t17-,19+,21-/m0/s1. The van der Waals surface area contributed by atoms with Crippen LogP contribution in [0.4, 0.5) is 0 Å². The highest BCUT2D eigenvalue weighted by Gasteiger charge is 2.56. The van der Waals surface area contributed by atoms with Gasteiger partial charge in [0.05, 0.1) is 4.90 Å². The number of nitrogens with zero attached hydrogens (tertiary/aromatic N) is 1. The zero-order valence-electron chi connectivity index (χ0n) is 15.9. The van der Waals surface area contributed by atoms with E-state index in [1.54, 1.807) is 25.2 Å². The Labute approximate surface area is 159 Å². The monoisotopic (exact) mass is 385 g/mol. The lowest BCUT2D eigenvalue weighted by Gasteiger charge is -2.51. The Morgan fingerprint density at radius 2 is 1.81 bits per heavy atom. The van der Waals surface area contributed by atoms with Crippen LogP contribution in [-0.2, 0) is 14.6 Å². The number of sulfone groups is 1. The van der Waals surface area contributed by atoms with Crippen molar-refractivity contribution in [3.8, 4) is 5.75 Å². The highest BCUT2D eigenvalue weighted by atomic mass is 32.2. The van der Waals surface area contributed by atoms with E-state index in [0.717, 1.165) is 16.7 Å². The van der Waals surface area contributed by atoms with Crippen LogP contribution < -0.4 is 4.74 Å². The van der Waals surface area contributed by atoms with Gasteiger partial charge in [-0.3, -0.25) is 4.79 Å². The maximum atomic E-state index is 13.5. The number of hydrogen-bond acceptors (Lipinski definition) is 4. The summed E-state index contributed by atoms with van der Waals surface area (Å²) in [4.78, 5) is 14.8. The maximum Gasteiger partial charge on any atom is 0.244 e. The molecule has 1 saturated heterocycles. The van der Waals surface area contributed by atoms with Gasteiger partial charge in [0.25, 0.3) is 0 Å². The second kappa shape index (κ2) is 5.83. The molecule has 27 heavy (non-hydrogen) atoms. The van der Waals surface area contributed by atoms with Crippen LogP contribution >= 0.6 is 0 Å². The van der Waals surface area contributed by atoms with Crippen molar-refractivity contribution in [3.63, 3.8) is 0 Å². The van der Waals surface area contributed by atoms with Gasteiger partial charge in [-0.2, -0.15) is 0 Å². The molecular weight excluding hydrogens is 362 g/mol. The third-order valence-electron chi connectivity index (χ3n) is 6.04. The molecule has 1 amide bonds. The highest BCUT2D eigenvalue weighted by Crippen LogP contribution is 2.49. The van der Waals surface area contributed by atoms with Crippen molar-refractivity contribution in [2.24, 2.45) is 0 Å². The summed E-state index contributed by atoms with van der Waals surface area (Å²) in [6.07, 6.45) is 0.445. The number of benzene rings is 2. The van der Waals surface area contributed by atoms with Gasteiger partial charge in [0.2, 0.25) is 5.91 Å². The number of aryl methyl sites for hydroxylation is 2. The fourth-order valence-electron chi connectivity index (χ4n) is 4.13. The number of likely N-dealkylation sites (tertiary alicyclic amines) is 1. The fourth-order valence-corrected chi connectivity index (χ4v) is 6.13. The summed E-state index contributed by atoms with van der Waals surface area (Å²) >= 11 is 0. The predicted octanol–water partition coefficient (Wildman–Crippen LogP) is 3.20. The second-order valence-electron chi connectivity index (χ2n) is 7.73. The van der Waals surface area contributed by atoms with Gasteiger partial charge in [-0.25, -0.2) is 8.42 Å². The summed E-state index contributed by atoms with van der Waals surface area (Å²) < 4.78 is 33.1. The molecule has 0 radical (unpaired) electrons. The van der Waals surface area contributed by atoms with Crippen LogP contribution in [0.2, 0.25) is 0 Å². The van der Waals surface area contributed by atoms with Gasteiger partial charge in [-0.15, -0.1) is 0 Å². The number of rotatable bonds is 2. The maximum absolute atomic E-state index is 13.5. The van der Waals surface area contributed by atoms with Crippen molar-refractivity contribution in [3.05, 3.63) is 59.2 Å². The van der Waals surface area contributed by atoms with Gasteiger partial charge in [-0.05, 0) is 55.7 Å². The number of piperidine rings is 1. The molecule has 0 aromatic heterocycles. The van der Waals surface area contributed by atoms with Gasteiger partial charge in [0, 0.05) is 19.4 Å². The van der Waals surface area contributed by atoms with Crippen LogP contribution in [0.25, 0.3) is 0 Å². The van der Waals surface area contributed by atoms with Gasteiger partial charge in [0.1, 0.15) is 5.75 Å². The van der Waals surface area contributed by atoms with Crippen molar-refractivity contribution < 1.29 is 17.9 Å². The van der Waals surface area contributed by atoms with E-state index in [1.165, 1.54) is 4.90 Å².